The van der Waals surface area contributed by atoms with Gasteiger partial charge < -0.3 is 9.47 Å². The van der Waals surface area contributed by atoms with E-state index >= 15 is 0 Å². The number of rotatable bonds is 4. The zero-order valence-electron chi connectivity index (χ0n) is 11.4. The number of hydrogen-bond acceptors (Lipinski definition) is 5. The van der Waals surface area contributed by atoms with E-state index in [4.69, 9.17) is 9.47 Å². The van der Waals surface area contributed by atoms with E-state index in [1.54, 1.807) is 48.5 Å². The number of carbonyl (C=O) groups excluding carboxylic acids is 2. The zero-order valence-corrected chi connectivity index (χ0v) is 12.3. The summed E-state index contributed by atoms with van der Waals surface area (Å²) in [5.41, 5.74) is 0.945. The van der Waals surface area contributed by atoms with Crippen molar-refractivity contribution in [1.29, 1.82) is 0 Å². The van der Waals surface area contributed by atoms with Crippen molar-refractivity contribution >= 4 is 23.0 Å². The molecule has 0 atom stereocenters. The maximum absolute atomic E-state index is 11.7. The summed E-state index contributed by atoms with van der Waals surface area (Å²) in [6, 6.07) is 15.9. The third-order valence-electron chi connectivity index (χ3n) is 2.49. The molecule has 0 saturated heterocycles. The van der Waals surface area contributed by atoms with E-state index < -0.39 is 0 Å². The van der Waals surface area contributed by atoms with Crippen LogP contribution in [0.4, 0.5) is 4.79 Å². The molecule has 21 heavy (non-hydrogen) atoms. The van der Waals surface area contributed by atoms with Crippen LogP contribution in [0.1, 0.15) is 12.5 Å². The molecule has 0 heterocycles. The lowest BCUT2D eigenvalue weighted by atomic mass is 10.2. The number of hydrogen-bond donors (Lipinski definition) is 0. The Morgan fingerprint density at radius 2 is 1.52 bits per heavy atom. The number of para-hydroxylation sites is 1. The molecule has 0 N–H and O–H groups in total. The predicted octanol–water partition coefficient (Wildman–Crippen LogP) is 4.04. The molecule has 4 nitrogen and oxygen atoms in total. The van der Waals surface area contributed by atoms with Crippen molar-refractivity contribution in [3.05, 3.63) is 60.2 Å². The Bertz CT molecular complexity index is 608. The molecule has 0 aliphatic heterocycles. The van der Waals surface area contributed by atoms with Gasteiger partial charge in [-0.2, -0.15) is 0 Å². The normalized spacial score (nSPS) is 9.95. The summed E-state index contributed by atoms with van der Waals surface area (Å²) in [5, 5.41) is -0.356. The number of benzene rings is 2. The minimum atomic E-state index is -0.358. The van der Waals surface area contributed by atoms with Crippen LogP contribution in [0.5, 0.6) is 11.5 Å². The third-order valence-corrected chi connectivity index (χ3v) is 3.28. The van der Waals surface area contributed by atoms with Crippen LogP contribution in [0, 0.1) is 0 Å². The highest BCUT2D eigenvalue weighted by atomic mass is 32.2. The lowest BCUT2D eigenvalue weighted by Crippen LogP contribution is -2.02. The van der Waals surface area contributed by atoms with Gasteiger partial charge in [0, 0.05) is 12.7 Å². The molecular weight excluding hydrogens is 288 g/mol. The molecule has 2 aromatic rings. The van der Waals surface area contributed by atoms with Crippen LogP contribution in [-0.4, -0.2) is 11.3 Å². The molecule has 0 fully saturated rings. The summed E-state index contributed by atoms with van der Waals surface area (Å²) >= 11 is 1.08. The fourth-order valence-corrected chi connectivity index (χ4v) is 2.21. The molecule has 2 aromatic carbocycles. The van der Waals surface area contributed by atoms with E-state index in [2.05, 4.69) is 0 Å². The van der Waals surface area contributed by atoms with Crippen molar-refractivity contribution < 1.29 is 19.1 Å². The van der Waals surface area contributed by atoms with Gasteiger partial charge >= 0.3 is 11.3 Å². The molecule has 0 aromatic heterocycles. The standard InChI is InChI=1S/C16H14O4S/c1-12(17)19-15-9-7-13(8-10-15)11-21-16(18)20-14-5-3-2-4-6-14/h2-10H,11H2,1H3. The molecule has 108 valence electrons. The van der Waals surface area contributed by atoms with E-state index in [-0.39, 0.29) is 11.3 Å². The van der Waals surface area contributed by atoms with Crippen LogP contribution in [0.3, 0.4) is 0 Å². The van der Waals surface area contributed by atoms with Crippen molar-refractivity contribution in [1.82, 2.24) is 0 Å². The summed E-state index contributed by atoms with van der Waals surface area (Å²) in [6.45, 7) is 1.35. The van der Waals surface area contributed by atoms with E-state index in [0.29, 0.717) is 17.3 Å². The second-order valence-electron chi connectivity index (χ2n) is 4.19. The Kier molecular flexibility index (Phi) is 5.40. The van der Waals surface area contributed by atoms with E-state index in [1.165, 1.54) is 6.92 Å². The first-order valence-corrected chi connectivity index (χ1v) is 7.29. The van der Waals surface area contributed by atoms with Crippen molar-refractivity contribution in [3.63, 3.8) is 0 Å². The van der Waals surface area contributed by atoms with Crippen molar-refractivity contribution in [3.8, 4) is 11.5 Å². The number of esters is 1. The average Bonchev–Trinajstić information content (AvgIpc) is 2.47. The molecule has 0 spiro atoms. The molecule has 0 radical (unpaired) electrons. The van der Waals surface area contributed by atoms with E-state index in [0.717, 1.165) is 17.3 Å². The Balaban J connectivity index is 1.82. The largest absolute Gasteiger partial charge is 0.427 e. The molecule has 0 aliphatic rings. The second kappa shape index (κ2) is 7.50. The Hall–Kier alpha value is -2.27. The first kappa shape index (κ1) is 15.1. The molecule has 5 heteroatoms. The first-order valence-electron chi connectivity index (χ1n) is 6.30. The number of ether oxygens (including phenoxy) is 2. The van der Waals surface area contributed by atoms with Gasteiger partial charge in [0.1, 0.15) is 11.5 Å². The number of thioether (sulfide) groups is 1. The third kappa shape index (κ3) is 5.31. The Labute approximate surface area is 127 Å². The smallest absolute Gasteiger partial charge is 0.373 e. The first-order chi connectivity index (χ1) is 10.1. The summed E-state index contributed by atoms with van der Waals surface area (Å²) < 4.78 is 10.1. The fraction of sp³-hybridized carbons (Fsp3) is 0.125. The van der Waals surface area contributed by atoms with Gasteiger partial charge in [-0.1, -0.05) is 30.3 Å². The van der Waals surface area contributed by atoms with Crippen molar-refractivity contribution in [2.24, 2.45) is 0 Å². The molecular formula is C16H14O4S. The van der Waals surface area contributed by atoms with Gasteiger partial charge in [0.15, 0.2) is 0 Å². The summed E-state index contributed by atoms with van der Waals surface area (Å²) in [7, 11) is 0. The van der Waals surface area contributed by atoms with Gasteiger partial charge in [-0.15, -0.1) is 0 Å². The molecule has 0 saturated carbocycles. The van der Waals surface area contributed by atoms with Crippen LogP contribution in [0.25, 0.3) is 0 Å². The Morgan fingerprint density at radius 3 is 2.14 bits per heavy atom. The summed E-state index contributed by atoms with van der Waals surface area (Å²) in [6.07, 6.45) is 0. The molecule has 0 bridgehead atoms. The van der Waals surface area contributed by atoms with Crippen molar-refractivity contribution in [2.75, 3.05) is 0 Å². The lowest BCUT2D eigenvalue weighted by Gasteiger charge is -2.05. The minimum Gasteiger partial charge on any atom is -0.427 e. The lowest BCUT2D eigenvalue weighted by molar-refractivity contribution is -0.131. The quantitative estimate of drug-likeness (QED) is 0.630. The second-order valence-corrected chi connectivity index (χ2v) is 5.10. The van der Waals surface area contributed by atoms with Gasteiger partial charge in [-0.3, -0.25) is 4.79 Å². The predicted molar refractivity (Wildman–Crippen MR) is 81.5 cm³/mol. The average molecular weight is 302 g/mol. The number of carbonyl (C=O) groups is 2. The van der Waals surface area contributed by atoms with Crippen LogP contribution in [0.15, 0.2) is 54.6 Å². The van der Waals surface area contributed by atoms with Gasteiger partial charge in [-0.05, 0) is 41.6 Å². The van der Waals surface area contributed by atoms with Gasteiger partial charge in [-0.25, -0.2) is 4.79 Å². The van der Waals surface area contributed by atoms with Crippen LogP contribution >= 0.6 is 11.8 Å². The van der Waals surface area contributed by atoms with E-state index in [1.807, 2.05) is 6.07 Å². The van der Waals surface area contributed by atoms with Gasteiger partial charge in [0.2, 0.25) is 0 Å². The SMILES string of the molecule is CC(=O)Oc1ccc(CSC(=O)Oc2ccccc2)cc1. The fourth-order valence-electron chi connectivity index (χ4n) is 1.58. The summed E-state index contributed by atoms with van der Waals surface area (Å²) in [5.74, 6) is 1.15. The van der Waals surface area contributed by atoms with Crippen LogP contribution in [-0.2, 0) is 10.5 Å². The molecule has 0 amide bonds. The van der Waals surface area contributed by atoms with Crippen molar-refractivity contribution in [2.45, 2.75) is 12.7 Å². The highest BCUT2D eigenvalue weighted by Crippen LogP contribution is 2.20. The molecule has 2 rings (SSSR count). The van der Waals surface area contributed by atoms with E-state index in [9.17, 15) is 9.59 Å². The summed E-state index contributed by atoms with van der Waals surface area (Å²) in [4.78, 5) is 22.5. The minimum absolute atomic E-state index is 0.356. The van der Waals surface area contributed by atoms with Crippen LogP contribution < -0.4 is 9.47 Å². The monoisotopic (exact) mass is 302 g/mol. The zero-order chi connectivity index (χ0) is 15.1. The molecule has 0 unspecified atom stereocenters. The van der Waals surface area contributed by atoms with Gasteiger partial charge in [0.05, 0.1) is 0 Å². The highest BCUT2D eigenvalue weighted by molar-refractivity contribution is 8.12. The maximum Gasteiger partial charge on any atom is 0.373 e. The highest BCUT2D eigenvalue weighted by Gasteiger charge is 2.06. The maximum atomic E-state index is 11.7. The topological polar surface area (TPSA) is 52.6 Å². The van der Waals surface area contributed by atoms with Crippen LogP contribution in [0.2, 0.25) is 0 Å². The molecule has 0 aliphatic carbocycles. The Morgan fingerprint density at radius 1 is 0.905 bits per heavy atom. The van der Waals surface area contributed by atoms with Gasteiger partial charge in [0.25, 0.3) is 0 Å².